The highest BCUT2D eigenvalue weighted by atomic mass is 14.3. The molecule has 1 saturated carbocycles. The van der Waals surface area contributed by atoms with Crippen molar-refractivity contribution in [2.24, 2.45) is 0 Å². The zero-order chi connectivity index (χ0) is 29.0. The van der Waals surface area contributed by atoms with E-state index in [9.17, 15) is 0 Å². The second-order valence-electron chi connectivity index (χ2n) is 13.2. The van der Waals surface area contributed by atoms with Gasteiger partial charge in [0.2, 0.25) is 0 Å². The van der Waals surface area contributed by atoms with Gasteiger partial charge in [-0.05, 0) is 158 Å². The fourth-order valence-electron chi connectivity index (χ4n) is 8.77. The van der Waals surface area contributed by atoms with Gasteiger partial charge in [0.05, 0.1) is 0 Å². The summed E-state index contributed by atoms with van der Waals surface area (Å²) in [6.07, 6.45) is 14.9. The molecule has 0 heterocycles. The van der Waals surface area contributed by atoms with Gasteiger partial charge in [0.25, 0.3) is 0 Å². The second kappa shape index (κ2) is 10.6. The third kappa shape index (κ3) is 4.11. The van der Waals surface area contributed by atoms with Crippen molar-refractivity contribution < 1.29 is 0 Å². The molecule has 0 aromatic heterocycles. The van der Waals surface area contributed by atoms with Gasteiger partial charge in [-0.25, -0.2) is 0 Å². The molecule has 0 spiro atoms. The lowest BCUT2D eigenvalue weighted by molar-refractivity contribution is 0.669. The maximum Gasteiger partial charge on any atom is -0.00235 e. The molecule has 0 N–H and O–H groups in total. The van der Waals surface area contributed by atoms with E-state index in [1.165, 1.54) is 112 Å². The van der Waals surface area contributed by atoms with Crippen molar-refractivity contribution in [1.82, 2.24) is 0 Å². The quantitative estimate of drug-likeness (QED) is 0.187. The topological polar surface area (TPSA) is 0 Å². The molecule has 1 fully saturated rings. The molecule has 0 saturated heterocycles. The summed E-state index contributed by atoms with van der Waals surface area (Å²) in [6.45, 7) is 0. The first kappa shape index (κ1) is 26.0. The molecule has 0 bridgehead atoms. The molecule has 0 aliphatic heterocycles. The molecule has 0 heteroatoms. The first-order valence-electron chi connectivity index (χ1n) is 16.8. The molecular weight excluding hydrogens is 528 g/mol. The summed E-state index contributed by atoms with van der Waals surface area (Å²) in [5.41, 5.74) is 15.0. The summed E-state index contributed by atoms with van der Waals surface area (Å²) < 4.78 is 0. The number of benzene rings is 6. The highest BCUT2D eigenvalue weighted by Crippen LogP contribution is 2.49. The van der Waals surface area contributed by atoms with Crippen LogP contribution in [0, 0.1) is 0 Å². The molecule has 9 rings (SSSR count). The zero-order valence-corrected chi connectivity index (χ0v) is 25.5. The van der Waals surface area contributed by atoms with Crippen LogP contribution in [0.25, 0.3) is 60.1 Å². The second-order valence-corrected chi connectivity index (χ2v) is 13.2. The molecule has 44 heavy (non-hydrogen) atoms. The third-order valence-corrected chi connectivity index (χ3v) is 10.8. The lowest BCUT2D eigenvalue weighted by atomic mass is 9.75. The molecule has 0 nitrogen and oxygen atoms in total. The van der Waals surface area contributed by atoms with Crippen molar-refractivity contribution in [1.29, 1.82) is 0 Å². The van der Waals surface area contributed by atoms with Gasteiger partial charge < -0.3 is 0 Å². The molecule has 3 aliphatic carbocycles. The van der Waals surface area contributed by atoms with Crippen molar-refractivity contribution in [2.75, 3.05) is 0 Å². The summed E-state index contributed by atoms with van der Waals surface area (Å²) in [7, 11) is 0. The van der Waals surface area contributed by atoms with Crippen molar-refractivity contribution >= 4 is 37.9 Å². The van der Waals surface area contributed by atoms with Crippen LogP contribution in [0.2, 0.25) is 0 Å². The predicted octanol–water partition coefficient (Wildman–Crippen LogP) is 12.4. The maximum atomic E-state index is 2.55. The van der Waals surface area contributed by atoms with Crippen LogP contribution in [0.4, 0.5) is 0 Å². The fourth-order valence-corrected chi connectivity index (χ4v) is 8.77. The summed E-state index contributed by atoms with van der Waals surface area (Å²) in [4.78, 5) is 0. The first-order chi connectivity index (χ1) is 21.8. The SMILES string of the molecule is C1=C2CCCCC2=C(c2c3ccccc3c(-c3cccc4c3CCCC4)c3ccc(-c4cccc5ccccc45)cc23)CC1. The van der Waals surface area contributed by atoms with E-state index in [0.717, 1.165) is 12.8 Å². The number of rotatable bonds is 3. The summed E-state index contributed by atoms with van der Waals surface area (Å²) in [6, 6.07) is 39.4. The van der Waals surface area contributed by atoms with E-state index in [1.807, 2.05) is 0 Å². The van der Waals surface area contributed by atoms with Crippen molar-refractivity contribution in [3.63, 3.8) is 0 Å². The number of fused-ring (bicyclic) bond motifs is 5. The van der Waals surface area contributed by atoms with E-state index in [0.29, 0.717) is 0 Å². The van der Waals surface area contributed by atoms with E-state index in [2.05, 4.69) is 109 Å². The highest BCUT2D eigenvalue weighted by Gasteiger charge is 2.26. The standard InChI is InChI=1S/C44H38/c1-4-18-33-29(12-1)15-9-23-36(33)32-26-27-41-42(28-32)44(38-25-11-17-31-14-3-6-20-35(31)38)40-22-8-7-21-39(40)43(41)37-24-10-16-30-13-2-5-19-34(30)37/h1,4,7-10,12,15-18,21-24,26-28H,2-3,5-6,11,13-14,19-20,25H2. The molecule has 0 atom stereocenters. The van der Waals surface area contributed by atoms with Gasteiger partial charge in [0.1, 0.15) is 0 Å². The number of hydrogen-bond acceptors (Lipinski definition) is 0. The zero-order valence-electron chi connectivity index (χ0n) is 25.5. The number of allylic oxidation sites excluding steroid dienone is 4. The van der Waals surface area contributed by atoms with Crippen LogP contribution in [0.5, 0.6) is 0 Å². The Kier molecular flexibility index (Phi) is 6.29. The lowest BCUT2D eigenvalue weighted by Gasteiger charge is -2.29. The Balaban J connectivity index is 1.42. The molecule has 6 aromatic rings. The largest absolute Gasteiger partial charge is 0.0807 e. The first-order valence-corrected chi connectivity index (χ1v) is 16.8. The molecule has 0 amide bonds. The lowest BCUT2D eigenvalue weighted by Crippen LogP contribution is -2.08. The summed E-state index contributed by atoms with van der Waals surface area (Å²) in [5.74, 6) is 0. The Bertz CT molecular complexity index is 2160. The third-order valence-electron chi connectivity index (χ3n) is 10.8. The van der Waals surface area contributed by atoms with E-state index < -0.39 is 0 Å². The van der Waals surface area contributed by atoms with E-state index in [1.54, 1.807) is 27.8 Å². The molecular formula is C44H38. The number of aryl methyl sites for hydroxylation is 1. The van der Waals surface area contributed by atoms with Gasteiger partial charge in [0, 0.05) is 0 Å². The molecule has 3 aliphatic rings. The minimum atomic E-state index is 1.14. The van der Waals surface area contributed by atoms with Crippen molar-refractivity contribution in [3.8, 4) is 22.3 Å². The van der Waals surface area contributed by atoms with Gasteiger partial charge in [-0.1, -0.05) is 103 Å². The normalized spacial score (nSPS) is 16.7. The van der Waals surface area contributed by atoms with Crippen molar-refractivity contribution in [2.45, 2.75) is 64.2 Å². The van der Waals surface area contributed by atoms with Gasteiger partial charge in [-0.2, -0.15) is 0 Å². The smallest absolute Gasteiger partial charge is 0.00235 e. The van der Waals surface area contributed by atoms with Gasteiger partial charge in [-0.15, -0.1) is 0 Å². The van der Waals surface area contributed by atoms with Crippen LogP contribution in [0.1, 0.15) is 68.1 Å². The van der Waals surface area contributed by atoms with Crippen LogP contribution >= 0.6 is 0 Å². The highest BCUT2D eigenvalue weighted by molar-refractivity contribution is 6.20. The minimum absolute atomic E-state index is 1.14. The Hall–Kier alpha value is -4.42. The Morgan fingerprint density at radius 2 is 1.14 bits per heavy atom. The Morgan fingerprint density at radius 3 is 2.07 bits per heavy atom. The monoisotopic (exact) mass is 566 g/mol. The average molecular weight is 567 g/mol. The Labute approximate surface area is 260 Å². The molecule has 214 valence electrons. The molecule has 6 aromatic carbocycles. The fraction of sp³-hybridized carbons (Fsp3) is 0.227. The van der Waals surface area contributed by atoms with Gasteiger partial charge >= 0.3 is 0 Å². The predicted molar refractivity (Wildman–Crippen MR) is 189 cm³/mol. The van der Waals surface area contributed by atoms with Gasteiger partial charge in [0.15, 0.2) is 0 Å². The summed E-state index contributed by atoms with van der Waals surface area (Å²) in [5, 5.41) is 8.29. The molecule has 0 unspecified atom stereocenters. The van der Waals surface area contributed by atoms with E-state index in [-0.39, 0.29) is 0 Å². The Morgan fingerprint density at radius 1 is 0.432 bits per heavy atom. The van der Waals surface area contributed by atoms with Crippen LogP contribution in [0.3, 0.4) is 0 Å². The molecule has 0 radical (unpaired) electrons. The number of hydrogen-bond donors (Lipinski definition) is 0. The van der Waals surface area contributed by atoms with Gasteiger partial charge in [-0.3, -0.25) is 0 Å². The van der Waals surface area contributed by atoms with E-state index in [4.69, 9.17) is 0 Å². The van der Waals surface area contributed by atoms with E-state index >= 15 is 0 Å². The van der Waals surface area contributed by atoms with Crippen LogP contribution < -0.4 is 0 Å². The van der Waals surface area contributed by atoms with Crippen molar-refractivity contribution in [3.05, 3.63) is 137 Å². The maximum absolute atomic E-state index is 2.55. The average Bonchev–Trinajstić information content (AvgIpc) is 3.10. The van der Waals surface area contributed by atoms with Crippen LogP contribution in [-0.2, 0) is 12.8 Å². The summed E-state index contributed by atoms with van der Waals surface area (Å²) >= 11 is 0. The van der Waals surface area contributed by atoms with Crippen LogP contribution in [0.15, 0.2) is 120 Å². The minimum Gasteiger partial charge on any atom is -0.0807 e. The van der Waals surface area contributed by atoms with Crippen LogP contribution in [-0.4, -0.2) is 0 Å².